The molecule has 0 bridgehead atoms. The molecule has 2 saturated carbocycles. The Kier molecular flexibility index (Phi) is 2.34. The van der Waals surface area contributed by atoms with Crippen LogP contribution < -0.4 is 10.5 Å². The SMILES string of the molecule is N[C@H]1CC2(CCCC3CC32)Oc2ccc(Br)cc21. The molecule has 3 aliphatic rings. The van der Waals surface area contributed by atoms with Gasteiger partial charge in [-0.1, -0.05) is 15.9 Å². The molecule has 2 aliphatic carbocycles. The van der Waals surface area contributed by atoms with Crippen molar-refractivity contribution >= 4 is 15.9 Å². The third-order valence-electron chi connectivity index (χ3n) is 5.02. The lowest BCUT2D eigenvalue weighted by molar-refractivity contribution is -0.0121. The van der Waals surface area contributed by atoms with Crippen LogP contribution >= 0.6 is 15.9 Å². The van der Waals surface area contributed by atoms with Crippen molar-refractivity contribution in [1.29, 1.82) is 0 Å². The standard InChI is InChI=1S/C15H18BrNO/c16-10-3-4-14-11(7-10)13(17)8-15(18-14)5-1-2-9-6-12(9)15/h3-4,7,9,12-13H,1-2,5-6,8,17H2/t9?,12?,13-,15?/m0/s1. The highest BCUT2D eigenvalue weighted by atomic mass is 79.9. The number of nitrogens with two attached hydrogens (primary N) is 1. The molecule has 1 spiro atoms. The minimum absolute atomic E-state index is 0.0587. The topological polar surface area (TPSA) is 35.2 Å². The summed E-state index contributed by atoms with van der Waals surface area (Å²) in [7, 11) is 0. The molecule has 0 saturated heterocycles. The van der Waals surface area contributed by atoms with Gasteiger partial charge in [0.05, 0.1) is 0 Å². The first kappa shape index (κ1) is 11.3. The maximum Gasteiger partial charge on any atom is 0.125 e. The lowest BCUT2D eigenvalue weighted by atomic mass is 9.77. The van der Waals surface area contributed by atoms with E-state index in [1.807, 2.05) is 0 Å². The lowest BCUT2D eigenvalue weighted by Gasteiger charge is -2.44. The van der Waals surface area contributed by atoms with Crippen LogP contribution in [0.2, 0.25) is 0 Å². The van der Waals surface area contributed by atoms with E-state index >= 15 is 0 Å². The first-order valence-corrected chi connectivity index (χ1v) is 7.71. The van der Waals surface area contributed by atoms with Crippen molar-refractivity contribution in [3.05, 3.63) is 28.2 Å². The van der Waals surface area contributed by atoms with Gasteiger partial charge in [0.2, 0.25) is 0 Å². The molecule has 2 N–H and O–H groups in total. The van der Waals surface area contributed by atoms with Crippen molar-refractivity contribution in [1.82, 2.24) is 0 Å². The van der Waals surface area contributed by atoms with E-state index in [1.54, 1.807) is 0 Å². The van der Waals surface area contributed by atoms with E-state index < -0.39 is 0 Å². The Morgan fingerprint density at radius 3 is 3.17 bits per heavy atom. The smallest absolute Gasteiger partial charge is 0.125 e. The second kappa shape index (κ2) is 3.73. The van der Waals surface area contributed by atoms with Crippen molar-refractivity contribution in [2.24, 2.45) is 17.6 Å². The van der Waals surface area contributed by atoms with Crippen LogP contribution in [0, 0.1) is 11.8 Å². The van der Waals surface area contributed by atoms with Gasteiger partial charge in [0.25, 0.3) is 0 Å². The van der Waals surface area contributed by atoms with E-state index in [0.717, 1.165) is 34.0 Å². The molecule has 2 nitrogen and oxygen atoms in total. The van der Waals surface area contributed by atoms with Crippen LogP contribution in [-0.4, -0.2) is 5.60 Å². The molecule has 0 radical (unpaired) electrons. The summed E-state index contributed by atoms with van der Waals surface area (Å²) in [5.41, 5.74) is 7.62. The Balaban J connectivity index is 1.73. The van der Waals surface area contributed by atoms with Gasteiger partial charge < -0.3 is 10.5 Å². The Labute approximate surface area is 116 Å². The fourth-order valence-electron chi connectivity index (χ4n) is 4.08. The predicted molar refractivity (Wildman–Crippen MR) is 74.5 cm³/mol. The van der Waals surface area contributed by atoms with Crippen LogP contribution in [0.4, 0.5) is 0 Å². The minimum atomic E-state index is 0.0587. The summed E-state index contributed by atoms with van der Waals surface area (Å²) in [5.74, 6) is 2.71. The second-order valence-electron chi connectivity index (χ2n) is 6.15. The normalized spacial score (nSPS) is 40.9. The minimum Gasteiger partial charge on any atom is -0.487 e. The van der Waals surface area contributed by atoms with Crippen LogP contribution in [0.25, 0.3) is 0 Å². The van der Waals surface area contributed by atoms with Gasteiger partial charge in [-0.25, -0.2) is 0 Å². The summed E-state index contributed by atoms with van der Waals surface area (Å²) in [4.78, 5) is 0. The van der Waals surface area contributed by atoms with Crippen molar-refractivity contribution in [2.75, 3.05) is 0 Å². The first-order chi connectivity index (χ1) is 8.68. The van der Waals surface area contributed by atoms with Gasteiger partial charge in [-0.05, 0) is 49.8 Å². The molecule has 18 heavy (non-hydrogen) atoms. The maximum atomic E-state index is 6.44. The molecule has 1 heterocycles. The van der Waals surface area contributed by atoms with E-state index in [2.05, 4.69) is 34.1 Å². The number of halogens is 1. The largest absolute Gasteiger partial charge is 0.487 e. The maximum absolute atomic E-state index is 6.44. The van der Waals surface area contributed by atoms with Gasteiger partial charge in [-0.2, -0.15) is 0 Å². The van der Waals surface area contributed by atoms with E-state index in [4.69, 9.17) is 10.5 Å². The molecule has 3 unspecified atom stereocenters. The zero-order chi connectivity index (χ0) is 12.3. The molecular weight excluding hydrogens is 290 g/mol. The average molecular weight is 308 g/mol. The van der Waals surface area contributed by atoms with E-state index in [0.29, 0.717) is 0 Å². The summed E-state index contributed by atoms with van der Waals surface area (Å²) >= 11 is 3.51. The van der Waals surface area contributed by atoms with Crippen LogP contribution in [0.3, 0.4) is 0 Å². The fraction of sp³-hybridized carbons (Fsp3) is 0.600. The summed E-state index contributed by atoms with van der Waals surface area (Å²) in [6.45, 7) is 0. The monoisotopic (exact) mass is 307 g/mol. The first-order valence-electron chi connectivity index (χ1n) is 6.92. The lowest BCUT2D eigenvalue weighted by Crippen LogP contribution is -2.46. The molecule has 96 valence electrons. The van der Waals surface area contributed by atoms with Crippen molar-refractivity contribution in [2.45, 2.75) is 43.7 Å². The third kappa shape index (κ3) is 1.56. The molecule has 1 aromatic rings. The number of hydrogen-bond acceptors (Lipinski definition) is 2. The highest BCUT2D eigenvalue weighted by Gasteiger charge is 2.58. The number of rotatable bonds is 0. The number of benzene rings is 1. The van der Waals surface area contributed by atoms with Gasteiger partial charge >= 0.3 is 0 Å². The Bertz CT molecular complexity index is 503. The number of ether oxygens (including phenoxy) is 1. The van der Waals surface area contributed by atoms with Crippen LogP contribution in [0.1, 0.15) is 43.7 Å². The molecule has 0 amide bonds. The van der Waals surface area contributed by atoms with Gasteiger partial charge in [-0.15, -0.1) is 0 Å². The molecule has 4 atom stereocenters. The van der Waals surface area contributed by atoms with Gasteiger partial charge in [0.1, 0.15) is 11.4 Å². The molecule has 2 fully saturated rings. The number of hydrogen-bond donors (Lipinski definition) is 1. The zero-order valence-electron chi connectivity index (χ0n) is 10.4. The number of fused-ring (bicyclic) bond motifs is 3. The van der Waals surface area contributed by atoms with Crippen molar-refractivity contribution in [3.8, 4) is 5.75 Å². The van der Waals surface area contributed by atoms with Gasteiger partial charge in [0.15, 0.2) is 0 Å². The van der Waals surface area contributed by atoms with E-state index in [-0.39, 0.29) is 11.6 Å². The Morgan fingerprint density at radius 1 is 1.39 bits per heavy atom. The van der Waals surface area contributed by atoms with Crippen LogP contribution in [0.5, 0.6) is 5.75 Å². The highest BCUT2D eigenvalue weighted by molar-refractivity contribution is 9.10. The van der Waals surface area contributed by atoms with Crippen molar-refractivity contribution in [3.63, 3.8) is 0 Å². The van der Waals surface area contributed by atoms with Crippen LogP contribution in [0.15, 0.2) is 22.7 Å². The summed E-state index contributed by atoms with van der Waals surface area (Å²) in [6.07, 6.45) is 6.26. The molecule has 1 aliphatic heterocycles. The van der Waals surface area contributed by atoms with Crippen molar-refractivity contribution < 1.29 is 4.74 Å². The molecule has 3 heteroatoms. The fourth-order valence-corrected chi connectivity index (χ4v) is 4.46. The second-order valence-corrected chi connectivity index (χ2v) is 7.07. The summed E-state index contributed by atoms with van der Waals surface area (Å²) in [5, 5.41) is 0. The summed E-state index contributed by atoms with van der Waals surface area (Å²) in [6, 6.07) is 6.37. The molecular formula is C15H18BrNO. The summed E-state index contributed by atoms with van der Waals surface area (Å²) < 4.78 is 7.53. The quantitative estimate of drug-likeness (QED) is 0.791. The zero-order valence-corrected chi connectivity index (χ0v) is 11.9. The third-order valence-corrected chi connectivity index (χ3v) is 5.52. The Hall–Kier alpha value is -0.540. The van der Waals surface area contributed by atoms with E-state index in [9.17, 15) is 0 Å². The van der Waals surface area contributed by atoms with Crippen LogP contribution in [-0.2, 0) is 0 Å². The Morgan fingerprint density at radius 2 is 2.28 bits per heavy atom. The van der Waals surface area contributed by atoms with Gasteiger partial charge in [-0.3, -0.25) is 0 Å². The molecule has 4 rings (SSSR count). The molecule has 0 aromatic heterocycles. The van der Waals surface area contributed by atoms with Gasteiger partial charge in [0, 0.05) is 28.4 Å². The average Bonchev–Trinajstić information content (AvgIpc) is 3.11. The highest BCUT2D eigenvalue weighted by Crippen LogP contribution is 2.60. The molecule has 1 aromatic carbocycles. The predicted octanol–water partition coefficient (Wildman–Crippen LogP) is 3.79. The van der Waals surface area contributed by atoms with E-state index in [1.165, 1.54) is 25.7 Å².